The summed E-state index contributed by atoms with van der Waals surface area (Å²) in [6, 6.07) is 10.1. The Morgan fingerprint density at radius 1 is 1.11 bits per heavy atom. The molecule has 4 heteroatoms. The summed E-state index contributed by atoms with van der Waals surface area (Å²) < 4.78 is 24.4. The molecule has 0 heterocycles. The van der Waals surface area contributed by atoms with Crippen LogP contribution in [-0.4, -0.2) is 7.11 Å². The van der Waals surface area contributed by atoms with E-state index < -0.39 is 0 Å². The van der Waals surface area contributed by atoms with Crippen molar-refractivity contribution in [2.45, 2.75) is 13.5 Å². The monoisotopic (exact) mass is 261 g/mol. The van der Waals surface area contributed by atoms with Gasteiger partial charge in [0, 0.05) is 11.3 Å². The van der Waals surface area contributed by atoms with E-state index in [0.29, 0.717) is 22.7 Å². The van der Waals surface area contributed by atoms with Crippen LogP contribution in [0, 0.1) is 12.7 Å². The van der Waals surface area contributed by atoms with E-state index in [-0.39, 0.29) is 12.4 Å². The van der Waals surface area contributed by atoms with E-state index in [9.17, 15) is 4.39 Å². The van der Waals surface area contributed by atoms with Gasteiger partial charge in [-0.25, -0.2) is 4.39 Å². The maximum Gasteiger partial charge on any atom is 0.161 e. The Bertz CT molecular complexity index is 584. The summed E-state index contributed by atoms with van der Waals surface area (Å²) in [6.45, 7) is 2.09. The summed E-state index contributed by atoms with van der Waals surface area (Å²) >= 11 is 0. The molecule has 0 bridgehead atoms. The number of rotatable bonds is 4. The first-order valence-corrected chi connectivity index (χ1v) is 5.91. The Morgan fingerprint density at radius 2 is 1.89 bits per heavy atom. The van der Waals surface area contributed by atoms with Crippen LogP contribution in [0.4, 0.5) is 10.1 Å². The highest BCUT2D eigenvalue weighted by molar-refractivity contribution is 5.43. The van der Waals surface area contributed by atoms with Crippen LogP contribution in [0.5, 0.6) is 11.5 Å². The van der Waals surface area contributed by atoms with Crippen LogP contribution in [0.25, 0.3) is 0 Å². The van der Waals surface area contributed by atoms with Gasteiger partial charge in [0.1, 0.15) is 12.4 Å². The molecular formula is C15H16FNO2. The fourth-order valence-corrected chi connectivity index (χ4v) is 1.73. The van der Waals surface area contributed by atoms with Crippen LogP contribution in [0.15, 0.2) is 36.4 Å². The molecular weight excluding hydrogens is 245 g/mol. The third-order valence-electron chi connectivity index (χ3n) is 2.78. The smallest absolute Gasteiger partial charge is 0.161 e. The molecule has 0 unspecified atom stereocenters. The van der Waals surface area contributed by atoms with E-state index in [0.717, 1.165) is 5.56 Å². The molecule has 0 atom stereocenters. The Balaban J connectivity index is 2.14. The minimum absolute atomic E-state index is 0.130. The van der Waals surface area contributed by atoms with Crippen molar-refractivity contribution in [3.05, 3.63) is 53.3 Å². The molecule has 0 aromatic heterocycles. The molecule has 100 valence electrons. The van der Waals surface area contributed by atoms with Gasteiger partial charge in [-0.15, -0.1) is 0 Å². The number of methoxy groups -OCH3 is 1. The van der Waals surface area contributed by atoms with Gasteiger partial charge >= 0.3 is 0 Å². The van der Waals surface area contributed by atoms with Crippen LogP contribution in [0.2, 0.25) is 0 Å². The number of aryl methyl sites for hydroxylation is 1. The summed E-state index contributed by atoms with van der Waals surface area (Å²) in [6.07, 6.45) is 0. The molecule has 2 N–H and O–H groups in total. The molecule has 0 spiro atoms. The van der Waals surface area contributed by atoms with Crippen molar-refractivity contribution in [2.75, 3.05) is 12.8 Å². The first-order valence-electron chi connectivity index (χ1n) is 5.91. The molecule has 0 fully saturated rings. The van der Waals surface area contributed by atoms with Crippen molar-refractivity contribution in [3.63, 3.8) is 0 Å². The number of nitrogen functional groups attached to an aromatic ring is 1. The van der Waals surface area contributed by atoms with E-state index >= 15 is 0 Å². The lowest BCUT2D eigenvalue weighted by molar-refractivity contribution is 0.279. The largest absolute Gasteiger partial charge is 0.493 e. The van der Waals surface area contributed by atoms with E-state index in [1.807, 2.05) is 25.1 Å². The average molecular weight is 261 g/mol. The average Bonchev–Trinajstić information content (AvgIpc) is 2.39. The first kappa shape index (κ1) is 13.2. The summed E-state index contributed by atoms with van der Waals surface area (Å²) in [4.78, 5) is 0. The second-order valence-corrected chi connectivity index (χ2v) is 4.29. The zero-order valence-electron chi connectivity index (χ0n) is 10.9. The number of nitrogens with two attached hydrogens (primary N) is 1. The van der Waals surface area contributed by atoms with Crippen LogP contribution in [0.3, 0.4) is 0 Å². The minimum atomic E-state index is -0.369. The Kier molecular flexibility index (Phi) is 3.90. The highest BCUT2D eigenvalue weighted by atomic mass is 19.1. The lowest BCUT2D eigenvalue weighted by Crippen LogP contribution is -2.01. The van der Waals surface area contributed by atoms with E-state index in [2.05, 4.69) is 0 Å². The maximum absolute atomic E-state index is 13.6. The third-order valence-corrected chi connectivity index (χ3v) is 2.78. The van der Waals surface area contributed by atoms with Crippen LogP contribution < -0.4 is 15.2 Å². The number of benzene rings is 2. The van der Waals surface area contributed by atoms with Crippen LogP contribution in [-0.2, 0) is 6.61 Å². The molecule has 0 aliphatic carbocycles. The van der Waals surface area contributed by atoms with Crippen molar-refractivity contribution in [1.29, 1.82) is 0 Å². The molecule has 2 aromatic carbocycles. The van der Waals surface area contributed by atoms with Crippen molar-refractivity contribution in [2.24, 2.45) is 0 Å². The zero-order chi connectivity index (χ0) is 13.8. The number of ether oxygens (including phenoxy) is 2. The fourth-order valence-electron chi connectivity index (χ4n) is 1.73. The second-order valence-electron chi connectivity index (χ2n) is 4.29. The molecule has 0 saturated heterocycles. The first-order chi connectivity index (χ1) is 9.10. The maximum atomic E-state index is 13.6. The van der Waals surface area contributed by atoms with Gasteiger partial charge in [0.2, 0.25) is 0 Å². The molecule has 3 nitrogen and oxygen atoms in total. The lowest BCUT2D eigenvalue weighted by Gasteiger charge is -2.12. The standard InChI is InChI=1S/C15H16FNO2/c1-10-3-6-14(15(7-10)18-2)19-9-11-4-5-12(17)8-13(11)16/h3-8H,9,17H2,1-2H3. The molecule has 0 aliphatic rings. The highest BCUT2D eigenvalue weighted by Crippen LogP contribution is 2.28. The number of halogens is 1. The number of hydrogen-bond acceptors (Lipinski definition) is 3. The van der Waals surface area contributed by atoms with Gasteiger partial charge in [0.25, 0.3) is 0 Å². The predicted molar refractivity (Wildman–Crippen MR) is 72.9 cm³/mol. The number of anilines is 1. The summed E-state index contributed by atoms with van der Waals surface area (Å²) in [5.74, 6) is 0.853. The van der Waals surface area contributed by atoms with Gasteiger partial charge in [-0.05, 0) is 36.8 Å². The van der Waals surface area contributed by atoms with Gasteiger partial charge in [-0.3, -0.25) is 0 Å². The summed E-state index contributed by atoms with van der Waals surface area (Å²) in [5.41, 5.74) is 7.42. The van der Waals surface area contributed by atoms with Crippen LogP contribution >= 0.6 is 0 Å². The third kappa shape index (κ3) is 3.16. The van der Waals surface area contributed by atoms with Crippen molar-refractivity contribution in [1.82, 2.24) is 0 Å². The summed E-state index contributed by atoms with van der Waals surface area (Å²) in [7, 11) is 1.57. The molecule has 19 heavy (non-hydrogen) atoms. The SMILES string of the molecule is COc1cc(C)ccc1OCc1ccc(N)cc1F. The molecule has 2 rings (SSSR count). The van der Waals surface area contributed by atoms with Gasteiger partial charge in [-0.2, -0.15) is 0 Å². The van der Waals surface area contributed by atoms with E-state index in [1.54, 1.807) is 19.2 Å². The Labute approximate surface area is 111 Å². The van der Waals surface area contributed by atoms with E-state index in [4.69, 9.17) is 15.2 Å². The lowest BCUT2D eigenvalue weighted by atomic mass is 10.2. The summed E-state index contributed by atoms with van der Waals surface area (Å²) in [5, 5.41) is 0. The molecule has 0 radical (unpaired) electrons. The Hall–Kier alpha value is -2.23. The van der Waals surface area contributed by atoms with E-state index in [1.165, 1.54) is 6.07 Å². The van der Waals surface area contributed by atoms with Gasteiger partial charge in [-0.1, -0.05) is 12.1 Å². The fraction of sp³-hybridized carbons (Fsp3) is 0.200. The highest BCUT2D eigenvalue weighted by Gasteiger charge is 2.07. The zero-order valence-corrected chi connectivity index (χ0v) is 10.9. The van der Waals surface area contributed by atoms with Crippen molar-refractivity contribution in [3.8, 4) is 11.5 Å². The van der Waals surface area contributed by atoms with Crippen molar-refractivity contribution < 1.29 is 13.9 Å². The van der Waals surface area contributed by atoms with Crippen LogP contribution in [0.1, 0.15) is 11.1 Å². The Morgan fingerprint density at radius 3 is 2.58 bits per heavy atom. The second kappa shape index (κ2) is 5.61. The minimum Gasteiger partial charge on any atom is -0.493 e. The number of hydrogen-bond donors (Lipinski definition) is 1. The molecule has 0 aliphatic heterocycles. The van der Waals surface area contributed by atoms with Gasteiger partial charge in [0.05, 0.1) is 7.11 Å². The molecule has 0 saturated carbocycles. The topological polar surface area (TPSA) is 44.5 Å². The predicted octanol–water partition coefficient (Wildman–Crippen LogP) is 3.30. The van der Waals surface area contributed by atoms with Gasteiger partial charge in [0.15, 0.2) is 11.5 Å². The van der Waals surface area contributed by atoms with Gasteiger partial charge < -0.3 is 15.2 Å². The molecule has 0 amide bonds. The normalized spacial score (nSPS) is 10.3. The van der Waals surface area contributed by atoms with Crippen molar-refractivity contribution >= 4 is 5.69 Å². The quantitative estimate of drug-likeness (QED) is 0.859. The molecule has 2 aromatic rings.